The number of carboxylic acid groups (broad SMARTS) is 1. The number of aliphatic hydroxyl groups is 1. The van der Waals surface area contributed by atoms with Crippen LogP contribution in [0.1, 0.15) is 6.42 Å². The van der Waals surface area contributed by atoms with E-state index in [1.807, 2.05) is 0 Å². The highest BCUT2D eigenvalue weighted by molar-refractivity contribution is 6.27. The molecule has 0 bridgehead atoms. The van der Waals surface area contributed by atoms with E-state index >= 15 is 0 Å². The van der Waals surface area contributed by atoms with Gasteiger partial charge < -0.3 is 15.1 Å². The number of alkyl halides is 1. The molecule has 1 fully saturated rings. The van der Waals surface area contributed by atoms with Crippen molar-refractivity contribution in [2.45, 2.75) is 18.6 Å². The van der Waals surface area contributed by atoms with Crippen molar-refractivity contribution in [2.24, 2.45) is 0 Å². The van der Waals surface area contributed by atoms with E-state index in [1.54, 1.807) is 0 Å². The summed E-state index contributed by atoms with van der Waals surface area (Å²) in [5.41, 5.74) is 0. The van der Waals surface area contributed by atoms with Crippen LogP contribution in [0.4, 0.5) is 0 Å². The van der Waals surface area contributed by atoms with Gasteiger partial charge in [-0.25, -0.2) is 4.79 Å². The smallest absolute Gasteiger partial charge is 0.326 e. The molecular weight excluding hydrogens is 198 g/mol. The number of halogens is 1. The summed E-state index contributed by atoms with van der Waals surface area (Å²) in [5.74, 6) is -1.81. The van der Waals surface area contributed by atoms with Gasteiger partial charge in [-0.15, -0.1) is 11.6 Å². The summed E-state index contributed by atoms with van der Waals surface area (Å²) in [7, 11) is 0. The third kappa shape index (κ3) is 2.10. The van der Waals surface area contributed by atoms with Gasteiger partial charge in [-0.3, -0.25) is 4.79 Å². The predicted molar refractivity (Wildman–Crippen MR) is 44.5 cm³/mol. The van der Waals surface area contributed by atoms with E-state index in [0.717, 1.165) is 4.90 Å². The van der Waals surface area contributed by atoms with Gasteiger partial charge >= 0.3 is 5.97 Å². The van der Waals surface area contributed by atoms with Gasteiger partial charge in [-0.2, -0.15) is 0 Å². The summed E-state index contributed by atoms with van der Waals surface area (Å²) in [4.78, 5) is 22.8. The van der Waals surface area contributed by atoms with Gasteiger partial charge in [0.05, 0.1) is 6.10 Å². The Kier molecular flexibility index (Phi) is 3.11. The maximum atomic E-state index is 11.1. The molecule has 0 radical (unpaired) electrons. The molecule has 0 saturated carbocycles. The molecule has 13 heavy (non-hydrogen) atoms. The zero-order chi connectivity index (χ0) is 10.0. The summed E-state index contributed by atoms with van der Waals surface area (Å²) in [5, 5.41) is 17.9. The monoisotopic (exact) mass is 207 g/mol. The molecule has 0 spiro atoms. The van der Waals surface area contributed by atoms with E-state index in [0.29, 0.717) is 0 Å². The van der Waals surface area contributed by atoms with Crippen molar-refractivity contribution in [2.75, 3.05) is 12.4 Å². The van der Waals surface area contributed by atoms with Crippen LogP contribution < -0.4 is 0 Å². The molecule has 1 rings (SSSR count). The number of amides is 1. The molecule has 0 aromatic carbocycles. The van der Waals surface area contributed by atoms with Crippen LogP contribution in [0.15, 0.2) is 0 Å². The second kappa shape index (κ2) is 3.93. The summed E-state index contributed by atoms with van der Waals surface area (Å²) in [6.07, 6.45) is -0.675. The molecule has 1 heterocycles. The molecule has 2 N–H and O–H groups in total. The molecule has 1 aliphatic rings. The Labute approximate surface area is 79.9 Å². The third-order valence-electron chi connectivity index (χ3n) is 2.00. The zero-order valence-corrected chi connectivity index (χ0v) is 7.57. The summed E-state index contributed by atoms with van der Waals surface area (Å²) in [6.45, 7) is 0.0581. The van der Waals surface area contributed by atoms with Crippen LogP contribution in [0, 0.1) is 0 Å². The van der Waals surface area contributed by atoms with E-state index in [9.17, 15) is 9.59 Å². The van der Waals surface area contributed by atoms with Crippen LogP contribution in [-0.4, -0.2) is 51.6 Å². The van der Waals surface area contributed by atoms with Crippen LogP contribution >= 0.6 is 11.6 Å². The van der Waals surface area contributed by atoms with Gasteiger partial charge in [-0.05, 0) is 0 Å². The van der Waals surface area contributed by atoms with Gasteiger partial charge in [0.1, 0.15) is 11.9 Å². The highest BCUT2D eigenvalue weighted by atomic mass is 35.5. The van der Waals surface area contributed by atoms with Crippen molar-refractivity contribution in [1.82, 2.24) is 4.90 Å². The number of aliphatic carboxylic acids is 1. The van der Waals surface area contributed by atoms with Gasteiger partial charge in [0.15, 0.2) is 0 Å². The maximum Gasteiger partial charge on any atom is 0.326 e. The summed E-state index contributed by atoms with van der Waals surface area (Å²) in [6, 6.07) is -0.929. The van der Waals surface area contributed by atoms with Crippen molar-refractivity contribution in [3.8, 4) is 0 Å². The Morgan fingerprint density at radius 2 is 2.15 bits per heavy atom. The van der Waals surface area contributed by atoms with E-state index in [2.05, 4.69) is 0 Å². The van der Waals surface area contributed by atoms with Crippen LogP contribution in [-0.2, 0) is 9.59 Å². The van der Waals surface area contributed by atoms with E-state index in [4.69, 9.17) is 21.8 Å². The third-order valence-corrected chi connectivity index (χ3v) is 2.23. The summed E-state index contributed by atoms with van der Waals surface area (Å²) >= 11 is 5.28. The molecule has 1 saturated heterocycles. The molecule has 0 aromatic heterocycles. The predicted octanol–water partition coefficient (Wildman–Crippen LogP) is -0.728. The lowest BCUT2D eigenvalue weighted by Gasteiger charge is -2.19. The number of nitrogens with zero attached hydrogens (tertiary/aromatic N) is 1. The standard InChI is InChI=1S/C7H10ClNO4/c8-2-6(11)9-3-4(10)1-5(9)7(12)13/h4-5,10H,1-3H2,(H,12,13). The van der Waals surface area contributed by atoms with Crippen LogP contribution in [0.25, 0.3) is 0 Å². The normalized spacial score (nSPS) is 27.7. The van der Waals surface area contributed by atoms with Gasteiger partial charge in [0.2, 0.25) is 5.91 Å². The first-order valence-electron chi connectivity index (χ1n) is 3.82. The minimum absolute atomic E-state index is 0.0581. The number of β-amino-alcohol motifs (C(OH)–C–C–N with tert-alkyl or cyclic N) is 1. The van der Waals surface area contributed by atoms with Crippen LogP contribution in [0.3, 0.4) is 0 Å². The second-order valence-electron chi connectivity index (χ2n) is 2.92. The van der Waals surface area contributed by atoms with Crippen molar-refractivity contribution < 1.29 is 19.8 Å². The number of carboxylic acids is 1. The Balaban J connectivity index is 2.71. The van der Waals surface area contributed by atoms with Gasteiger partial charge in [-0.1, -0.05) is 0 Å². The zero-order valence-electron chi connectivity index (χ0n) is 6.81. The van der Waals surface area contributed by atoms with Gasteiger partial charge in [0, 0.05) is 13.0 Å². The molecule has 5 nitrogen and oxygen atoms in total. The first-order valence-corrected chi connectivity index (χ1v) is 4.36. The van der Waals surface area contributed by atoms with E-state index in [1.165, 1.54) is 0 Å². The van der Waals surface area contributed by atoms with Crippen molar-refractivity contribution in [3.63, 3.8) is 0 Å². The molecule has 2 unspecified atom stereocenters. The first kappa shape index (κ1) is 10.3. The Morgan fingerprint density at radius 3 is 2.62 bits per heavy atom. The van der Waals surface area contributed by atoms with Crippen molar-refractivity contribution >= 4 is 23.5 Å². The molecule has 74 valence electrons. The fourth-order valence-electron chi connectivity index (χ4n) is 1.40. The SMILES string of the molecule is O=C(O)C1CC(O)CN1C(=O)CCl. The quantitative estimate of drug-likeness (QED) is 0.586. The van der Waals surface area contributed by atoms with Crippen molar-refractivity contribution in [3.05, 3.63) is 0 Å². The second-order valence-corrected chi connectivity index (χ2v) is 3.19. The Morgan fingerprint density at radius 1 is 1.54 bits per heavy atom. The number of aliphatic hydroxyl groups excluding tert-OH is 1. The van der Waals surface area contributed by atoms with Crippen LogP contribution in [0.5, 0.6) is 0 Å². The lowest BCUT2D eigenvalue weighted by molar-refractivity contribution is -0.147. The Hall–Kier alpha value is -0.810. The minimum atomic E-state index is -1.10. The molecule has 0 aliphatic carbocycles. The Bertz CT molecular complexity index is 233. The summed E-state index contributed by atoms with van der Waals surface area (Å²) < 4.78 is 0. The molecule has 2 atom stereocenters. The molecule has 0 aromatic rings. The largest absolute Gasteiger partial charge is 0.480 e. The fraction of sp³-hybridized carbons (Fsp3) is 0.714. The molecule has 6 heteroatoms. The van der Waals surface area contributed by atoms with Gasteiger partial charge in [0.25, 0.3) is 0 Å². The van der Waals surface area contributed by atoms with E-state index < -0.39 is 24.0 Å². The lowest BCUT2D eigenvalue weighted by Crippen LogP contribution is -2.41. The topological polar surface area (TPSA) is 77.8 Å². The minimum Gasteiger partial charge on any atom is -0.480 e. The van der Waals surface area contributed by atoms with Crippen molar-refractivity contribution in [1.29, 1.82) is 0 Å². The lowest BCUT2D eigenvalue weighted by atomic mass is 10.2. The fourth-order valence-corrected chi connectivity index (χ4v) is 1.55. The molecule has 1 aliphatic heterocycles. The average Bonchev–Trinajstić information content (AvgIpc) is 2.46. The molecule has 1 amide bonds. The highest BCUT2D eigenvalue weighted by Gasteiger charge is 2.38. The first-order chi connectivity index (χ1) is 6.06. The average molecular weight is 208 g/mol. The number of carbonyl (C=O) groups excluding carboxylic acids is 1. The maximum absolute atomic E-state index is 11.1. The molecular formula is C7H10ClNO4. The number of carbonyl (C=O) groups is 2. The number of likely N-dealkylation sites (tertiary alicyclic amines) is 1. The number of hydrogen-bond acceptors (Lipinski definition) is 3. The van der Waals surface area contributed by atoms with E-state index in [-0.39, 0.29) is 18.8 Å². The highest BCUT2D eigenvalue weighted by Crippen LogP contribution is 2.18. The number of rotatable bonds is 2. The number of hydrogen-bond donors (Lipinski definition) is 2. The van der Waals surface area contributed by atoms with Crippen LogP contribution in [0.2, 0.25) is 0 Å².